The number of carbonyl (C=O) groups is 1. The molecule has 0 atom stereocenters. The first-order valence-corrected chi connectivity index (χ1v) is 10.9. The predicted molar refractivity (Wildman–Crippen MR) is 134 cm³/mol. The Morgan fingerprint density at radius 1 is 0.943 bits per heavy atom. The van der Waals surface area contributed by atoms with Crippen molar-refractivity contribution in [2.75, 3.05) is 10.6 Å². The fourth-order valence-corrected chi connectivity index (χ4v) is 4.00. The lowest BCUT2D eigenvalue weighted by Crippen LogP contribution is -2.12. The van der Waals surface area contributed by atoms with E-state index in [0.29, 0.717) is 33.7 Å². The Hall–Kier alpha value is -4.83. The van der Waals surface area contributed by atoms with Gasteiger partial charge in [0.25, 0.3) is 5.91 Å². The average molecular weight is 482 g/mol. The minimum absolute atomic E-state index is 0.273. The van der Waals surface area contributed by atoms with Gasteiger partial charge in [-0.05, 0) is 36.4 Å². The second kappa shape index (κ2) is 8.50. The number of amides is 1. The van der Waals surface area contributed by atoms with Crippen LogP contribution in [0.3, 0.4) is 0 Å². The van der Waals surface area contributed by atoms with E-state index < -0.39 is 0 Å². The number of carbonyl (C=O) groups excluding carboxylic acids is 1. The molecule has 6 aromatic rings. The van der Waals surface area contributed by atoms with E-state index in [-0.39, 0.29) is 5.91 Å². The molecule has 0 aliphatic carbocycles. The topological polar surface area (TPSA) is 137 Å². The van der Waals surface area contributed by atoms with Crippen LogP contribution >= 0.6 is 11.6 Å². The number of nitrogens with one attached hydrogen (secondary N) is 4. The van der Waals surface area contributed by atoms with Crippen LogP contribution in [-0.2, 0) is 0 Å². The van der Waals surface area contributed by atoms with Crippen molar-refractivity contribution in [3.8, 4) is 11.4 Å². The number of hydrogen-bond acceptors (Lipinski definition) is 7. The molecule has 0 fully saturated rings. The highest BCUT2D eigenvalue weighted by Gasteiger charge is 2.13. The summed E-state index contributed by atoms with van der Waals surface area (Å²) >= 11 is 6.52. The molecular formula is C24H16ClN9O. The zero-order valence-electron chi connectivity index (χ0n) is 18.0. The van der Waals surface area contributed by atoms with Crippen LogP contribution in [0.5, 0.6) is 0 Å². The Morgan fingerprint density at radius 3 is 2.77 bits per heavy atom. The average Bonchev–Trinajstić information content (AvgIpc) is 3.54. The van der Waals surface area contributed by atoms with Crippen molar-refractivity contribution in [2.24, 2.45) is 0 Å². The van der Waals surface area contributed by atoms with Crippen LogP contribution in [0, 0.1) is 0 Å². The molecule has 4 heterocycles. The second-order valence-electron chi connectivity index (χ2n) is 7.72. The monoisotopic (exact) mass is 481 g/mol. The summed E-state index contributed by atoms with van der Waals surface area (Å²) in [5, 5.41) is 22.7. The van der Waals surface area contributed by atoms with Gasteiger partial charge in [0, 0.05) is 28.0 Å². The molecule has 0 saturated heterocycles. The molecule has 0 spiro atoms. The minimum atomic E-state index is -0.273. The molecule has 170 valence electrons. The number of aromatic nitrogens is 7. The maximum Gasteiger partial charge on any atom is 0.272 e. The fraction of sp³-hybridized carbons (Fsp3) is 0. The van der Waals surface area contributed by atoms with Gasteiger partial charge >= 0.3 is 0 Å². The van der Waals surface area contributed by atoms with Crippen molar-refractivity contribution in [3.05, 3.63) is 84.0 Å². The summed E-state index contributed by atoms with van der Waals surface area (Å²) in [6, 6.07) is 14.7. The molecule has 4 N–H and O–H groups in total. The molecule has 35 heavy (non-hydrogen) atoms. The number of aromatic amines is 2. The highest BCUT2D eigenvalue weighted by molar-refractivity contribution is 6.38. The van der Waals surface area contributed by atoms with Gasteiger partial charge in [0.05, 0.1) is 40.5 Å². The van der Waals surface area contributed by atoms with E-state index in [2.05, 4.69) is 46.0 Å². The zero-order valence-corrected chi connectivity index (χ0v) is 18.7. The maximum absolute atomic E-state index is 12.6. The van der Waals surface area contributed by atoms with Crippen LogP contribution in [0.4, 0.5) is 17.2 Å². The Labute approximate surface area is 202 Å². The maximum atomic E-state index is 12.6. The number of benzene rings is 2. The third kappa shape index (κ3) is 4.02. The van der Waals surface area contributed by atoms with E-state index in [4.69, 9.17) is 11.6 Å². The Bertz CT molecular complexity index is 1690. The van der Waals surface area contributed by atoms with Gasteiger partial charge in [0.2, 0.25) is 0 Å². The number of anilines is 3. The van der Waals surface area contributed by atoms with E-state index >= 15 is 0 Å². The lowest BCUT2D eigenvalue weighted by atomic mass is 10.1. The fourth-order valence-electron chi connectivity index (χ4n) is 3.74. The second-order valence-corrected chi connectivity index (χ2v) is 8.10. The lowest BCUT2D eigenvalue weighted by Gasteiger charge is -2.09. The third-order valence-corrected chi connectivity index (χ3v) is 5.85. The number of fused-ring (bicyclic) bond motifs is 2. The highest BCUT2D eigenvalue weighted by Crippen LogP contribution is 2.32. The highest BCUT2D eigenvalue weighted by atomic mass is 35.5. The van der Waals surface area contributed by atoms with Gasteiger partial charge in [0.1, 0.15) is 11.5 Å². The molecule has 10 nitrogen and oxygen atoms in total. The molecule has 4 aromatic heterocycles. The molecule has 0 aliphatic rings. The Balaban J connectivity index is 1.27. The Kier molecular flexibility index (Phi) is 5.04. The molecule has 0 radical (unpaired) electrons. The van der Waals surface area contributed by atoms with E-state index in [9.17, 15) is 4.79 Å². The van der Waals surface area contributed by atoms with Crippen molar-refractivity contribution in [2.45, 2.75) is 0 Å². The van der Waals surface area contributed by atoms with Crippen LogP contribution in [0.15, 0.2) is 73.3 Å². The Morgan fingerprint density at radius 2 is 1.89 bits per heavy atom. The summed E-state index contributed by atoms with van der Waals surface area (Å²) in [5.41, 5.74) is 4.14. The van der Waals surface area contributed by atoms with Gasteiger partial charge in [-0.3, -0.25) is 9.89 Å². The van der Waals surface area contributed by atoms with E-state index in [0.717, 1.165) is 27.4 Å². The van der Waals surface area contributed by atoms with Crippen molar-refractivity contribution < 1.29 is 4.79 Å². The van der Waals surface area contributed by atoms with Crippen LogP contribution in [0.2, 0.25) is 5.02 Å². The first-order valence-electron chi connectivity index (χ1n) is 10.6. The summed E-state index contributed by atoms with van der Waals surface area (Å²) in [5.74, 6) is 0.850. The number of H-pyrrole nitrogens is 2. The number of halogens is 1. The van der Waals surface area contributed by atoms with E-state index in [1.165, 1.54) is 12.4 Å². The molecule has 6 rings (SSSR count). The summed E-state index contributed by atoms with van der Waals surface area (Å²) in [4.78, 5) is 24.8. The molecule has 2 aromatic carbocycles. The quantitative estimate of drug-likeness (QED) is 0.273. The first-order chi connectivity index (χ1) is 17.1. The minimum Gasteiger partial charge on any atom is -0.350 e. The van der Waals surface area contributed by atoms with Gasteiger partial charge < -0.3 is 15.6 Å². The smallest absolute Gasteiger partial charge is 0.272 e. The summed E-state index contributed by atoms with van der Waals surface area (Å²) in [6.07, 6.45) is 6.36. The van der Waals surface area contributed by atoms with Gasteiger partial charge in [-0.2, -0.15) is 15.3 Å². The molecule has 0 unspecified atom stereocenters. The molecule has 11 heteroatoms. The summed E-state index contributed by atoms with van der Waals surface area (Å²) in [7, 11) is 0. The molecular weight excluding hydrogens is 466 g/mol. The SMILES string of the molecule is O=C(Nc1ccnnc1)c1cc2ccc(-c3nccc(Nc4ccc5[nH]ncc5c4Cl)n3)cc2[nH]1. The van der Waals surface area contributed by atoms with Gasteiger partial charge in [-0.1, -0.05) is 23.7 Å². The first kappa shape index (κ1) is 20.8. The largest absolute Gasteiger partial charge is 0.350 e. The molecule has 0 saturated carbocycles. The van der Waals surface area contributed by atoms with Crippen LogP contribution in [-0.4, -0.2) is 41.3 Å². The third-order valence-electron chi connectivity index (χ3n) is 5.44. The summed E-state index contributed by atoms with van der Waals surface area (Å²) < 4.78 is 0. The molecule has 0 aliphatic heterocycles. The lowest BCUT2D eigenvalue weighted by molar-refractivity contribution is 0.102. The van der Waals surface area contributed by atoms with Crippen molar-refractivity contribution in [1.29, 1.82) is 0 Å². The normalized spacial score (nSPS) is 11.1. The van der Waals surface area contributed by atoms with Gasteiger partial charge in [-0.25, -0.2) is 9.97 Å². The van der Waals surface area contributed by atoms with Gasteiger partial charge in [0.15, 0.2) is 5.82 Å². The number of rotatable bonds is 5. The van der Waals surface area contributed by atoms with Crippen LogP contribution in [0.25, 0.3) is 33.2 Å². The zero-order chi connectivity index (χ0) is 23.8. The van der Waals surface area contributed by atoms with E-state index in [1.54, 1.807) is 30.6 Å². The predicted octanol–water partition coefficient (Wildman–Crippen LogP) is 4.94. The van der Waals surface area contributed by atoms with Crippen molar-refractivity contribution in [1.82, 2.24) is 35.3 Å². The van der Waals surface area contributed by atoms with E-state index in [1.807, 2.05) is 30.3 Å². The number of hydrogen-bond donors (Lipinski definition) is 4. The molecule has 1 amide bonds. The van der Waals surface area contributed by atoms with Crippen molar-refractivity contribution >= 4 is 56.5 Å². The van der Waals surface area contributed by atoms with Crippen molar-refractivity contribution in [3.63, 3.8) is 0 Å². The number of nitrogens with zero attached hydrogens (tertiary/aromatic N) is 5. The van der Waals surface area contributed by atoms with Crippen LogP contribution in [0.1, 0.15) is 10.5 Å². The van der Waals surface area contributed by atoms with Gasteiger partial charge in [-0.15, -0.1) is 0 Å². The van der Waals surface area contributed by atoms with Crippen LogP contribution < -0.4 is 10.6 Å². The standard InChI is InChI=1S/C24H16ClN9O/c25-22-16-12-29-34-17(16)3-4-18(22)32-21-6-7-26-23(33-21)14-2-1-13-9-20(31-19(13)10-14)24(35)30-15-5-8-27-28-11-15/h1-12,31H,(H,29,34)(H,26,32,33)(H,27,30,35). The molecule has 0 bridgehead atoms. The summed E-state index contributed by atoms with van der Waals surface area (Å²) in [6.45, 7) is 0.